The number of ether oxygens (including phenoxy) is 1. The first-order chi connectivity index (χ1) is 10.6. The minimum absolute atomic E-state index is 0.0513. The number of rotatable bonds is 9. The summed E-state index contributed by atoms with van der Waals surface area (Å²) in [6.07, 6.45) is 5.35. The van der Waals surface area contributed by atoms with E-state index in [0.717, 1.165) is 44.6 Å². The van der Waals surface area contributed by atoms with Crippen molar-refractivity contribution in [2.45, 2.75) is 31.7 Å². The SMILES string of the molecule is COC(=O)C1CCN(CCCNC(=O)C(N)CCSC)CC1. The van der Waals surface area contributed by atoms with E-state index in [4.69, 9.17) is 10.5 Å². The maximum atomic E-state index is 11.7. The Bertz CT molecular complexity index is 347. The molecular weight excluding hydrogens is 302 g/mol. The Kier molecular flexibility index (Phi) is 9.50. The van der Waals surface area contributed by atoms with Crippen molar-refractivity contribution in [1.82, 2.24) is 10.2 Å². The van der Waals surface area contributed by atoms with Crippen molar-refractivity contribution in [3.8, 4) is 0 Å². The molecule has 1 saturated heterocycles. The second-order valence-corrected chi connectivity index (χ2v) is 6.66. The van der Waals surface area contributed by atoms with Gasteiger partial charge in [0.25, 0.3) is 0 Å². The number of likely N-dealkylation sites (tertiary alicyclic amines) is 1. The van der Waals surface area contributed by atoms with E-state index in [-0.39, 0.29) is 17.8 Å². The summed E-state index contributed by atoms with van der Waals surface area (Å²) in [6, 6.07) is -0.400. The van der Waals surface area contributed by atoms with Crippen LogP contribution in [0.1, 0.15) is 25.7 Å². The van der Waals surface area contributed by atoms with Gasteiger partial charge in [0.05, 0.1) is 19.1 Å². The molecule has 0 aromatic rings. The third-order valence-electron chi connectivity index (χ3n) is 4.04. The lowest BCUT2D eigenvalue weighted by atomic mass is 9.97. The summed E-state index contributed by atoms with van der Waals surface area (Å²) < 4.78 is 4.78. The van der Waals surface area contributed by atoms with Gasteiger partial charge in [0.15, 0.2) is 0 Å². The van der Waals surface area contributed by atoms with Gasteiger partial charge >= 0.3 is 5.97 Å². The monoisotopic (exact) mass is 331 g/mol. The van der Waals surface area contributed by atoms with Gasteiger partial charge < -0.3 is 20.7 Å². The van der Waals surface area contributed by atoms with Gasteiger partial charge in [-0.15, -0.1) is 0 Å². The molecule has 0 spiro atoms. The molecule has 1 aliphatic heterocycles. The van der Waals surface area contributed by atoms with Crippen molar-refractivity contribution in [2.75, 3.05) is 45.3 Å². The highest BCUT2D eigenvalue weighted by atomic mass is 32.2. The summed E-state index contributed by atoms with van der Waals surface area (Å²) in [5, 5.41) is 2.89. The summed E-state index contributed by atoms with van der Waals surface area (Å²) >= 11 is 1.70. The first kappa shape index (κ1) is 19.3. The molecule has 22 heavy (non-hydrogen) atoms. The van der Waals surface area contributed by atoms with Crippen LogP contribution in [0.15, 0.2) is 0 Å². The molecule has 0 radical (unpaired) electrons. The van der Waals surface area contributed by atoms with Gasteiger partial charge in [-0.2, -0.15) is 11.8 Å². The van der Waals surface area contributed by atoms with Crippen LogP contribution in [-0.2, 0) is 14.3 Å². The van der Waals surface area contributed by atoms with Gasteiger partial charge in [-0.05, 0) is 57.3 Å². The third kappa shape index (κ3) is 6.98. The summed E-state index contributed by atoms with van der Waals surface area (Å²) in [7, 11) is 1.45. The largest absolute Gasteiger partial charge is 0.469 e. The first-order valence-electron chi connectivity index (χ1n) is 7.91. The van der Waals surface area contributed by atoms with Crippen molar-refractivity contribution >= 4 is 23.6 Å². The van der Waals surface area contributed by atoms with E-state index in [9.17, 15) is 9.59 Å². The van der Waals surface area contributed by atoms with Crippen LogP contribution < -0.4 is 11.1 Å². The lowest BCUT2D eigenvalue weighted by molar-refractivity contribution is -0.147. The molecule has 6 nitrogen and oxygen atoms in total. The number of nitrogens with one attached hydrogen (secondary N) is 1. The number of amides is 1. The molecule has 1 amide bonds. The van der Waals surface area contributed by atoms with Gasteiger partial charge in [-0.25, -0.2) is 0 Å². The molecule has 0 saturated carbocycles. The fourth-order valence-electron chi connectivity index (χ4n) is 2.58. The highest BCUT2D eigenvalue weighted by Crippen LogP contribution is 2.18. The van der Waals surface area contributed by atoms with Crippen LogP contribution in [0.2, 0.25) is 0 Å². The average Bonchev–Trinajstić information content (AvgIpc) is 2.56. The van der Waals surface area contributed by atoms with Crippen LogP contribution >= 0.6 is 11.8 Å². The number of carbonyl (C=O) groups excluding carboxylic acids is 2. The Balaban J connectivity index is 2.08. The van der Waals surface area contributed by atoms with E-state index in [1.807, 2.05) is 6.26 Å². The fourth-order valence-corrected chi connectivity index (χ4v) is 3.07. The zero-order valence-electron chi connectivity index (χ0n) is 13.7. The van der Waals surface area contributed by atoms with Gasteiger partial charge in [-0.1, -0.05) is 0 Å². The molecule has 3 N–H and O–H groups in total. The smallest absolute Gasteiger partial charge is 0.308 e. The van der Waals surface area contributed by atoms with Crippen molar-refractivity contribution in [1.29, 1.82) is 0 Å². The van der Waals surface area contributed by atoms with Crippen molar-refractivity contribution < 1.29 is 14.3 Å². The van der Waals surface area contributed by atoms with Gasteiger partial charge in [0.1, 0.15) is 0 Å². The molecule has 0 aromatic carbocycles. The quantitative estimate of drug-likeness (QED) is 0.472. The molecule has 0 aliphatic carbocycles. The number of carbonyl (C=O) groups is 2. The summed E-state index contributed by atoms with van der Waals surface area (Å²) in [5.74, 6) is 0.809. The second kappa shape index (κ2) is 10.9. The Hall–Kier alpha value is -0.790. The molecule has 1 aliphatic rings. The Morgan fingerprint density at radius 2 is 2.09 bits per heavy atom. The number of thioether (sulfide) groups is 1. The van der Waals surface area contributed by atoms with Crippen molar-refractivity contribution in [3.05, 3.63) is 0 Å². The van der Waals surface area contributed by atoms with Crippen LogP contribution in [0.25, 0.3) is 0 Å². The summed E-state index contributed by atoms with van der Waals surface area (Å²) in [4.78, 5) is 25.5. The van der Waals surface area contributed by atoms with Gasteiger partial charge in [0, 0.05) is 6.54 Å². The van der Waals surface area contributed by atoms with Crippen LogP contribution in [0.5, 0.6) is 0 Å². The zero-order chi connectivity index (χ0) is 16.4. The highest BCUT2D eigenvalue weighted by Gasteiger charge is 2.25. The highest BCUT2D eigenvalue weighted by molar-refractivity contribution is 7.98. The van der Waals surface area contributed by atoms with E-state index < -0.39 is 6.04 Å². The number of esters is 1. The minimum atomic E-state index is -0.400. The van der Waals surface area contributed by atoms with Gasteiger partial charge in [-0.3, -0.25) is 9.59 Å². The lowest BCUT2D eigenvalue weighted by Gasteiger charge is -2.30. The number of piperidine rings is 1. The van der Waals surface area contributed by atoms with E-state index in [1.54, 1.807) is 11.8 Å². The van der Waals surface area contributed by atoms with Gasteiger partial charge in [0.2, 0.25) is 5.91 Å². The molecular formula is C15H29N3O3S. The van der Waals surface area contributed by atoms with Crippen LogP contribution in [0.4, 0.5) is 0 Å². The predicted molar refractivity (Wildman–Crippen MR) is 89.8 cm³/mol. The Morgan fingerprint density at radius 1 is 1.41 bits per heavy atom. The molecule has 7 heteroatoms. The molecule has 0 aromatic heterocycles. The molecule has 0 bridgehead atoms. The zero-order valence-corrected chi connectivity index (χ0v) is 14.5. The topological polar surface area (TPSA) is 84.7 Å². The summed E-state index contributed by atoms with van der Waals surface area (Å²) in [5.41, 5.74) is 5.81. The molecule has 1 atom stereocenters. The molecule has 1 heterocycles. The number of nitrogens with two attached hydrogens (primary N) is 1. The first-order valence-corrected chi connectivity index (χ1v) is 9.30. The Labute approximate surface area is 137 Å². The lowest BCUT2D eigenvalue weighted by Crippen LogP contribution is -2.42. The summed E-state index contributed by atoms with van der Waals surface area (Å²) in [6.45, 7) is 3.43. The number of hydrogen-bond donors (Lipinski definition) is 2. The third-order valence-corrected chi connectivity index (χ3v) is 4.69. The standard InChI is InChI=1S/C15H29N3O3S/c1-21-15(20)12-4-9-18(10-5-12)8-3-7-17-14(19)13(16)6-11-22-2/h12-13H,3-11,16H2,1-2H3,(H,17,19). The number of methoxy groups -OCH3 is 1. The number of hydrogen-bond acceptors (Lipinski definition) is 6. The van der Waals surface area contributed by atoms with Crippen molar-refractivity contribution in [2.24, 2.45) is 11.7 Å². The number of nitrogens with zero attached hydrogens (tertiary/aromatic N) is 1. The fraction of sp³-hybridized carbons (Fsp3) is 0.867. The minimum Gasteiger partial charge on any atom is -0.469 e. The van der Waals surface area contributed by atoms with Crippen LogP contribution in [0.3, 0.4) is 0 Å². The van der Waals surface area contributed by atoms with E-state index in [0.29, 0.717) is 13.0 Å². The molecule has 1 fully saturated rings. The van der Waals surface area contributed by atoms with Crippen molar-refractivity contribution in [3.63, 3.8) is 0 Å². The second-order valence-electron chi connectivity index (χ2n) is 5.67. The van der Waals surface area contributed by atoms with E-state index in [2.05, 4.69) is 10.2 Å². The van der Waals surface area contributed by atoms with Crippen LogP contribution in [-0.4, -0.2) is 68.1 Å². The molecule has 1 rings (SSSR count). The van der Waals surface area contributed by atoms with E-state index in [1.165, 1.54) is 7.11 Å². The maximum Gasteiger partial charge on any atom is 0.308 e. The van der Waals surface area contributed by atoms with E-state index >= 15 is 0 Å². The Morgan fingerprint density at radius 3 is 2.68 bits per heavy atom. The maximum absolute atomic E-state index is 11.7. The predicted octanol–water partition coefficient (Wildman–Crippen LogP) is 0.458. The normalized spacial score (nSPS) is 18.0. The van der Waals surface area contributed by atoms with Crippen LogP contribution in [0, 0.1) is 5.92 Å². The molecule has 1 unspecified atom stereocenters. The molecule has 128 valence electrons. The average molecular weight is 331 g/mol.